The summed E-state index contributed by atoms with van der Waals surface area (Å²) >= 11 is 3.57. The van der Waals surface area contributed by atoms with Gasteiger partial charge in [0, 0.05) is 10.6 Å². The molecule has 18 heavy (non-hydrogen) atoms. The molecule has 3 rings (SSSR count). The second-order valence-electron chi connectivity index (χ2n) is 4.12. The Hall–Kier alpha value is -1.26. The molecule has 1 fully saturated rings. The van der Waals surface area contributed by atoms with Crippen LogP contribution in [0.5, 0.6) is 0 Å². The monoisotopic (exact) mass is 274 g/mol. The molecule has 1 aromatic heterocycles. The summed E-state index contributed by atoms with van der Waals surface area (Å²) in [6, 6.07) is 15.2. The number of amidine groups is 1. The zero-order chi connectivity index (χ0) is 12.2. The van der Waals surface area contributed by atoms with Crippen LogP contribution in [-0.2, 0) is 6.54 Å². The van der Waals surface area contributed by atoms with Gasteiger partial charge >= 0.3 is 0 Å². The molecule has 0 amide bonds. The first-order valence-corrected chi connectivity index (χ1v) is 7.79. The van der Waals surface area contributed by atoms with Gasteiger partial charge in [-0.3, -0.25) is 4.99 Å². The normalized spacial score (nSPS) is 21.1. The summed E-state index contributed by atoms with van der Waals surface area (Å²) in [5.74, 6) is 1.06. The largest absolute Gasteiger partial charge is 0.357 e. The van der Waals surface area contributed by atoms with E-state index in [0.29, 0.717) is 6.04 Å². The third-order valence-corrected chi connectivity index (χ3v) is 4.73. The Bertz CT molecular complexity index is 520. The predicted octanol–water partition coefficient (Wildman–Crippen LogP) is 3.68. The highest BCUT2D eigenvalue weighted by Gasteiger charge is 2.21. The highest BCUT2D eigenvalue weighted by Crippen LogP contribution is 2.26. The molecule has 0 saturated carbocycles. The fraction of sp³-hybridized carbons (Fsp3) is 0.214. The third-order valence-electron chi connectivity index (χ3n) is 2.84. The average molecular weight is 274 g/mol. The lowest BCUT2D eigenvalue weighted by Gasteiger charge is -2.09. The average Bonchev–Trinajstić information content (AvgIpc) is 3.09. The topological polar surface area (TPSA) is 24.4 Å². The van der Waals surface area contributed by atoms with Crippen molar-refractivity contribution >= 4 is 28.3 Å². The first kappa shape index (κ1) is 11.8. The van der Waals surface area contributed by atoms with Gasteiger partial charge in [-0.1, -0.05) is 48.2 Å². The Labute approximate surface area is 115 Å². The van der Waals surface area contributed by atoms with E-state index in [0.717, 1.165) is 17.5 Å². The van der Waals surface area contributed by atoms with E-state index >= 15 is 0 Å². The maximum absolute atomic E-state index is 4.62. The summed E-state index contributed by atoms with van der Waals surface area (Å²) in [7, 11) is 0. The van der Waals surface area contributed by atoms with E-state index in [2.05, 4.69) is 58.2 Å². The smallest absolute Gasteiger partial charge is 0.157 e. The van der Waals surface area contributed by atoms with Crippen LogP contribution in [0.15, 0.2) is 52.8 Å². The lowest BCUT2D eigenvalue weighted by molar-refractivity contribution is 0.749. The molecule has 0 radical (unpaired) electrons. The Morgan fingerprint density at radius 3 is 2.83 bits per heavy atom. The number of nitrogens with one attached hydrogen (secondary N) is 1. The number of thiophene rings is 1. The van der Waals surface area contributed by atoms with Gasteiger partial charge in [0.1, 0.15) is 0 Å². The first-order chi connectivity index (χ1) is 8.92. The van der Waals surface area contributed by atoms with Crippen LogP contribution in [0.2, 0.25) is 0 Å². The lowest BCUT2D eigenvalue weighted by atomic mass is 10.1. The molecule has 0 bridgehead atoms. The van der Waals surface area contributed by atoms with Gasteiger partial charge in [-0.05, 0) is 17.0 Å². The summed E-state index contributed by atoms with van der Waals surface area (Å²) in [6.45, 7) is 0.786. The van der Waals surface area contributed by atoms with Gasteiger partial charge in [-0.25, -0.2) is 0 Å². The summed E-state index contributed by atoms with van der Waals surface area (Å²) < 4.78 is 0. The molecular weight excluding hydrogens is 260 g/mol. The summed E-state index contributed by atoms with van der Waals surface area (Å²) in [6.07, 6.45) is 0. The van der Waals surface area contributed by atoms with Crippen LogP contribution in [0, 0.1) is 0 Å². The molecule has 2 nitrogen and oxygen atoms in total. The second kappa shape index (κ2) is 5.59. The standard InChI is InChI=1S/C14H14N2S2/c1-2-5-11(6-3-1)13-10-18-14(16-13)15-9-12-7-4-8-17-12/h1-8,13H,9-10H2,(H,15,16). The Balaban J connectivity index is 1.63. The molecule has 92 valence electrons. The molecule has 1 N–H and O–H groups in total. The number of thioether (sulfide) groups is 1. The van der Waals surface area contributed by atoms with Crippen molar-refractivity contribution in [3.05, 3.63) is 58.3 Å². The number of nitrogens with zero attached hydrogens (tertiary/aromatic N) is 1. The zero-order valence-corrected chi connectivity index (χ0v) is 11.5. The molecule has 1 saturated heterocycles. The third kappa shape index (κ3) is 2.76. The van der Waals surface area contributed by atoms with Crippen LogP contribution in [-0.4, -0.2) is 10.9 Å². The van der Waals surface area contributed by atoms with E-state index in [1.165, 1.54) is 10.4 Å². The van der Waals surface area contributed by atoms with Crippen LogP contribution in [0.3, 0.4) is 0 Å². The molecule has 1 aromatic carbocycles. The summed E-state index contributed by atoms with van der Waals surface area (Å²) in [5.41, 5.74) is 1.34. The summed E-state index contributed by atoms with van der Waals surface area (Å²) in [4.78, 5) is 5.93. The van der Waals surface area contributed by atoms with E-state index in [9.17, 15) is 0 Å². The van der Waals surface area contributed by atoms with Crippen molar-refractivity contribution in [3.8, 4) is 0 Å². The van der Waals surface area contributed by atoms with Crippen LogP contribution < -0.4 is 5.32 Å². The van der Waals surface area contributed by atoms with E-state index in [1.54, 1.807) is 11.3 Å². The van der Waals surface area contributed by atoms with E-state index in [4.69, 9.17) is 0 Å². The summed E-state index contributed by atoms with van der Waals surface area (Å²) in [5, 5.41) is 6.65. The van der Waals surface area contributed by atoms with Crippen molar-refractivity contribution in [1.29, 1.82) is 0 Å². The van der Waals surface area contributed by atoms with E-state index in [-0.39, 0.29) is 0 Å². The quantitative estimate of drug-likeness (QED) is 0.923. The molecule has 2 heterocycles. The van der Waals surface area contributed by atoms with Crippen LogP contribution in [0.4, 0.5) is 0 Å². The van der Waals surface area contributed by atoms with Crippen LogP contribution in [0.25, 0.3) is 0 Å². The SMILES string of the molecule is c1ccc(C2CSC(=NCc3cccs3)N2)cc1. The molecule has 1 aliphatic rings. The maximum Gasteiger partial charge on any atom is 0.157 e. The first-order valence-electron chi connectivity index (χ1n) is 5.93. The van der Waals surface area contributed by atoms with Crippen LogP contribution in [0.1, 0.15) is 16.5 Å². The second-order valence-corrected chi connectivity index (χ2v) is 6.16. The van der Waals surface area contributed by atoms with Crippen molar-refractivity contribution in [2.75, 3.05) is 5.75 Å². The number of aliphatic imine (C=N–C) groups is 1. The minimum atomic E-state index is 0.401. The number of hydrogen-bond donors (Lipinski definition) is 1. The molecular formula is C14H14N2S2. The van der Waals surface area contributed by atoms with Crippen LogP contribution >= 0.6 is 23.1 Å². The van der Waals surface area contributed by atoms with Crippen molar-refractivity contribution in [1.82, 2.24) is 5.32 Å². The van der Waals surface area contributed by atoms with E-state index in [1.807, 2.05) is 11.8 Å². The molecule has 0 spiro atoms. The molecule has 1 unspecified atom stereocenters. The van der Waals surface area contributed by atoms with Gasteiger partial charge < -0.3 is 5.32 Å². The zero-order valence-electron chi connectivity index (χ0n) is 9.87. The fourth-order valence-corrected chi connectivity index (χ4v) is 3.51. The Morgan fingerprint density at radius 1 is 1.17 bits per heavy atom. The highest BCUT2D eigenvalue weighted by molar-refractivity contribution is 8.14. The van der Waals surface area contributed by atoms with Crippen molar-refractivity contribution < 1.29 is 0 Å². The van der Waals surface area contributed by atoms with Gasteiger partial charge in [-0.2, -0.15) is 0 Å². The molecule has 2 aromatic rings. The molecule has 4 heteroatoms. The lowest BCUT2D eigenvalue weighted by Crippen LogP contribution is -2.19. The van der Waals surface area contributed by atoms with Crippen molar-refractivity contribution in [2.24, 2.45) is 4.99 Å². The number of rotatable bonds is 3. The Kier molecular flexibility index (Phi) is 3.67. The van der Waals surface area contributed by atoms with Crippen molar-refractivity contribution in [3.63, 3.8) is 0 Å². The minimum Gasteiger partial charge on any atom is -0.357 e. The maximum atomic E-state index is 4.62. The number of benzene rings is 1. The fourth-order valence-electron chi connectivity index (χ4n) is 1.90. The van der Waals surface area contributed by atoms with Gasteiger partial charge in [0.25, 0.3) is 0 Å². The highest BCUT2D eigenvalue weighted by atomic mass is 32.2. The predicted molar refractivity (Wildman–Crippen MR) is 80.2 cm³/mol. The van der Waals surface area contributed by atoms with Gasteiger partial charge in [0.05, 0.1) is 12.6 Å². The van der Waals surface area contributed by atoms with Gasteiger partial charge in [-0.15, -0.1) is 11.3 Å². The van der Waals surface area contributed by atoms with Gasteiger partial charge in [0.2, 0.25) is 0 Å². The molecule has 1 aliphatic heterocycles. The van der Waals surface area contributed by atoms with Crippen molar-refractivity contribution in [2.45, 2.75) is 12.6 Å². The molecule has 1 atom stereocenters. The van der Waals surface area contributed by atoms with Gasteiger partial charge in [0.15, 0.2) is 5.17 Å². The molecule has 0 aliphatic carbocycles. The van der Waals surface area contributed by atoms with E-state index < -0.39 is 0 Å². The minimum absolute atomic E-state index is 0.401. The Morgan fingerprint density at radius 2 is 2.06 bits per heavy atom. The number of hydrogen-bond acceptors (Lipinski definition) is 3.